The molecular weight excluding hydrogens is 324 g/mol. The Labute approximate surface area is 143 Å². The van der Waals surface area contributed by atoms with Crippen LogP contribution in [0.15, 0.2) is 59.5 Å². The molecule has 24 heavy (non-hydrogen) atoms. The Morgan fingerprint density at radius 1 is 1.00 bits per heavy atom. The molecule has 0 aliphatic heterocycles. The molecule has 0 heterocycles. The van der Waals surface area contributed by atoms with Gasteiger partial charge in [0.2, 0.25) is 10.0 Å². The average Bonchev–Trinajstić information content (AvgIpc) is 2.61. The summed E-state index contributed by atoms with van der Waals surface area (Å²) in [4.78, 5) is 14.5. The van der Waals surface area contributed by atoms with Crippen LogP contribution in [-0.4, -0.2) is 27.4 Å². The number of sulfonamides is 1. The summed E-state index contributed by atoms with van der Waals surface area (Å²) in [5.41, 5.74) is 1.27. The van der Waals surface area contributed by atoms with Crippen LogP contribution in [0.1, 0.15) is 30.6 Å². The summed E-state index contributed by atoms with van der Waals surface area (Å²) in [5, 5.41) is 0. The quantitative estimate of drug-likeness (QED) is 0.838. The first kappa shape index (κ1) is 18.2. The van der Waals surface area contributed by atoms with E-state index in [9.17, 15) is 13.2 Å². The number of nitrogens with zero attached hydrogens (tertiary/aromatic N) is 1. The number of carbonyl (C=O) groups is 1. The van der Waals surface area contributed by atoms with E-state index in [2.05, 4.69) is 4.72 Å². The summed E-state index contributed by atoms with van der Waals surface area (Å²) in [7, 11) is -3.52. The molecule has 0 saturated heterocycles. The van der Waals surface area contributed by atoms with Crippen LogP contribution in [0.2, 0.25) is 0 Å². The first-order valence-corrected chi connectivity index (χ1v) is 9.44. The van der Waals surface area contributed by atoms with Crippen molar-refractivity contribution >= 4 is 21.6 Å². The van der Waals surface area contributed by atoms with Crippen molar-refractivity contribution in [1.82, 2.24) is 4.72 Å². The molecule has 5 nitrogen and oxygen atoms in total. The van der Waals surface area contributed by atoms with E-state index in [0.29, 0.717) is 18.7 Å². The predicted molar refractivity (Wildman–Crippen MR) is 95.7 cm³/mol. The largest absolute Gasteiger partial charge is 0.309 e. The maximum Gasteiger partial charge on any atom is 0.258 e. The maximum absolute atomic E-state index is 12.7. The second-order valence-corrected chi connectivity index (χ2v) is 7.07. The molecule has 6 heteroatoms. The van der Waals surface area contributed by atoms with Crippen molar-refractivity contribution in [3.8, 4) is 0 Å². The van der Waals surface area contributed by atoms with Gasteiger partial charge < -0.3 is 4.90 Å². The van der Waals surface area contributed by atoms with Crippen molar-refractivity contribution in [2.45, 2.75) is 25.2 Å². The maximum atomic E-state index is 12.7. The minimum Gasteiger partial charge on any atom is -0.309 e. The van der Waals surface area contributed by atoms with E-state index < -0.39 is 10.0 Å². The lowest BCUT2D eigenvalue weighted by Gasteiger charge is -2.21. The predicted octanol–water partition coefficient (Wildman–Crippen LogP) is 3.04. The molecule has 1 amide bonds. The van der Waals surface area contributed by atoms with Gasteiger partial charge in [-0.15, -0.1) is 0 Å². The fourth-order valence-corrected chi connectivity index (χ4v) is 3.44. The van der Waals surface area contributed by atoms with E-state index in [4.69, 9.17) is 0 Å². The zero-order chi connectivity index (χ0) is 17.6. The van der Waals surface area contributed by atoms with E-state index in [-0.39, 0.29) is 10.8 Å². The number of amides is 1. The average molecular weight is 346 g/mol. The van der Waals surface area contributed by atoms with Crippen LogP contribution in [0.3, 0.4) is 0 Å². The molecule has 0 fully saturated rings. The van der Waals surface area contributed by atoms with E-state index >= 15 is 0 Å². The lowest BCUT2D eigenvalue weighted by molar-refractivity contribution is 0.0988. The van der Waals surface area contributed by atoms with Crippen LogP contribution in [-0.2, 0) is 10.0 Å². The zero-order valence-corrected chi connectivity index (χ0v) is 14.7. The van der Waals surface area contributed by atoms with Crippen molar-refractivity contribution in [3.05, 3.63) is 60.2 Å². The summed E-state index contributed by atoms with van der Waals surface area (Å²) in [5.74, 6) is -0.158. The second kappa shape index (κ2) is 8.08. The molecule has 0 spiro atoms. The second-order valence-electron chi connectivity index (χ2n) is 5.31. The monoisotopic (exact) mass is 346 g/mol. The van der Waals surface area contributed by atoms with Gasteiger partial charge in [-0.1, -0.05) is 25.1 Å². The molecule has 0 aromatic heterocycles. The number of para-hydroxylation sites is 1. The lowest BCUT2D eigenvalue weighted by Crippen LogP contribution is -2.30. The van der Waals surface area contributed by atoms with Crippen molar-refractivity contribution in [1.29, 1.82) is 0 Å². The van der Waals surface area contributed by atoms with Crippen LogP contribution >= 0.6 is 0 Å². The fourth-order valence-electron chi connectivity index (χ4n) is 2.30. The topological polar surface area (TPSA) is 66.5 Å². The number of benzene rings is 2. The smallest absolute Gasteiger partial charge is 0.258 e. The Balaban J connectivity index is 2.22. The molecule has 0 bridgehead atoms. The summed E-state index contributed by atoms with van der Waals surface area (Å²) in [6.07, 6.45) is 0.721. The van der Waals surface area contributed by atoms with Crippen molar-refractivity contribution in [3.63, 3.8) is 0 Å². The number of anilines is 1. The van der Waals surface area contributed by atoms with Crippen LogP contribution < -0.4 is 9.62 Å². The number of hydrogen-bond donors (Lipinski definition) is 1. The van der Waals surface area contributed by atoms with Gasteiger partial charge in [-0.3, -0.25) is 4.79 Å². The highest BCUT2D eigenvalue weighted by Gasteiger charge is 2.18. The number of hydrogen-bond acceptors (Lipinski definition) is 3. The highest BCUT2D eigenvalue weighted by Crippen LogP contribution is 2.18. The van der Waals surface area contributed by atoms with Crippen molar-refractivity contribution < 1.29 is 13.2 Å². The molecule has 128 valence electrons. The summed E-state index contributed by atoms with van der Waals surface area (Å²) >= 11 is 0. The number of nitrogens with one attached hydrogen (secondary N) is 1. The van der Waals surface area contributed by atoms with Gasteiger partial charge in [0.25, 0.3) is 5.91 Å². The van der Waals surface area contributed by atoms with Crippen LogP contribution in [0.5, 0.6) is 0 Å². The standard InChI is InChI=1S/C18H22N2O3S/c1-3-14-19-24(22,23)17-12-10-15(11-13-17)18(21)20(4-2)16-8-6-5-7-9-16/h5-13,19H,3-4,14H2,1-2H3. The van der Waals surface area contributed by atoms with Crippen LogP contribution in [0, 0.1) is 0 Å². The third-order valence-electron chi connectivity index (χ3n) is 3.58. The van der Waals surface area contributed by atoms with Gasteiger partial charge in [0.05, 0.1) is 4.90 Å². The van der Waals surface area contributed by atoms with Gasteiger partial charge in [-0.2, -0.15) is 0 Å². The van der Waals surface area contributed by atoms with Crippen molar-refractivity contribution in [2.24, 2.45) is 0 Å². The van der Waals surface area contributed by atoms with E-state index in [1.54, 1.807) is 17.0 Å². The van der Waals surface area contributed by atoms with Gasteiger partial charge in [0, 0.05) is 24.3 Å². The minimum atomic E-state index is -3.52. The molecule has 0 unspecified atom stereocenters. The highest BCUT2D eigenvalue weighted by molar-refractivity contribution is 7.89. The highest BCUT2D eigenvalue weighted by atomic mass is 32.2. The van der Waals surface area contributed by atoms with Crippen LogP contribution in [0.25, 0.3) is 0 Å². The normalized spacial score (nSPS) is 11.2. The molecule has 0 aliphatic rings. The van der Waals surface area contributed by atoms with Gasteiger partial charge in [-0.05, 0) is 49.7 Å². The Kier molecular flexibility index (Phi) is 6.11. The van der Waals surface area contributed by atoms with Gasteiger partial charge in [0.1, 0.15) is 0 Å². The molecule has 2 aromatic carbocycles. The van der Waals surface area contributed by atoms with E-state index in [1.807, 2.05) is 44.2 Å². The molecule has 0 saturated carbocycles. The zero-order valence-electron chi connectivity index (χ0n) is 13.9. The molecule has 2 rings (SSSR count). The molecule has 0 aliphatic carbocycles. The molecule has 2 aromatic rings. The Bertz CT molecular complexity index is 772. The van der Waals surface area contributed by atoms with Gasteiger partial charge in [-0.25, -0.2) is 13.1 Å². The van der Waals surface area contributed by atoms with E-state index in [1.165, 1.54) is 12.1 Å². The molecular formula is C18H22N2O3S. The molecule has 0 radical (unpaired) electrons. The molecule has 1 N–H and O–H groups in total. The first-order valence-electron chi connectivity index (χ1n) is 7.96. The Morgan fingerprint density at radius 2 is 1.62 bits per heavy atom. The Hall–Kier alpha value is -2.18. The minimum absolute atomic E-state index is 0.158. The summed E-state index contributed by atoms with van der Waals surface area (Å²) in [6.45, 7) is 4.72. The van der Waals surface area contributed by atoms with E-state index in [0.717, 1.165) is 12.1 Å². The summed E-state index contributed by atoms with van der Waals surface area (Å²) < 4.78 is 26.7. The number of rotatable bonds is 7. The van der Waals surface area contributed by atoms with Crippen LogP contribution in [0.4, 0.5) is 5.69 Å². The first-order chi connectivity index (χ1) is 11.5. The van der Waals surface area contributed by atoms with Gasteiger partial charge >= 0.3 is 0 Å². The third kappa shape index (κ3) is 4.21. The summed E-state index contributed by atoms with van der Waals surface area (Å²) in [6, 6.07) is 15.4. The fraction of sp³-hybridized carbons (Fsp3) is 0.278. The van der Waals surface area contributed by atoms with Gasteiger partial charge in [0.15, 0.2) is 0 Å². The third-order valence-corrected chi connectivity index (χ3v) is 5.06. The SMILES string of the molecule is CCCNS(=O)(=O)c1ccc(C(=O)N(CC)c2ccccc2)cc1. The number of carbonyl (C=O) groups excluding carboxylic acids is 1. The van der Waals surface area contributed by atoms with Crippen molar-refractivity contribution in [2.75, 3.05) is 18.0 Å². The lowest BCUT2D eigenvalue weighted by atomic mass is 10.2. The Morgan fingerprint density at radius 3 is 2.17 bits per heavy atom. The molecule has 0 atom stereocenters.